The van der Waals surface area contributed by atoms with Crippen molar-refractivity contribution in [3.63, 3.8) is 0 Å². The van der Waals surface area contributed by atoms with E-state index in [1.54, 1.807) is 0 Å². The number of rotatable bonds is 8. The van der Waals surface area contributed by atoms with Gasteiger partial charge in [-0.1, -0.05) is 27.2 Å². The Morgan fingerprint density at radius 3 is 2.33 bits per heavy atom. The molecule has 0 aromatic heterocycles. The monoisotopic (exact) mass is 214 g/mol. The molecule has 3 nitrogen and oxygen atoms in total. The Labute approximate surface area is 94.0 Å². The van der Waals surface area contributed by atoms with Crippen molar-refractivity contribution in [2.45, 2.75) is 65.5 Å². The molecule has 0 aliphatic rings. The van der Waals surface area contributed by atoms with Gasteiger partial charge in [-0.05, 0) is 26.2 Å². The Balaban J connectivity index is 3.86. The van der Waals surface area contributed by atoms with Crippen molar-refractivity contribution in [2.75, 3.05) is 6.54 Å². The van der Waals surface area contributed by atoms with E-state index in [2.05, 4.69) is 31.4 Å². The van der Waals surface area contributed by atoms with Gasteiger partial charge < -0.3 is 10.6 Å². The molecule has 0 fully saturated rings. The molecule has 0 bridgehead atoms. The van der Waals surface area contributed by atoms with E-state index < -0.39 is 0 Å². The van der Waals surface area contributed by atoms with Gasteiger partial charge in [0, 0.05) is 12.6 Å². The van der Waals surface area contributed by atoms with E-state index in [1.807, 2.05) is 6.92 Å². The van der Waals surface area contributed by atoms with Crippen LogP contribution in [0, 0.1) is 0 Å². The maximum absolute atomic E-state index is 11.6. The first-order valence-corrected chi connectivity index (χ1v) is 6.19. The lowest BCUT2D eigenvalue weighted by Gasteiger charge is -2.21. The summed E-state index contributed by atoms with van der Waals surface area (Å²) in [5, 5.41) is 6.27. The van der Waals surface area contributed by atoms with E-state index in [1.165, 1.54) is 0 Å². The Kier molecular flexibility index (Phi) is 8.38. The third kappa shape index (κ3) is 6.50. The van der Waals surface area contributed by atoms with Gasteiger partial charge in [0.15, 0.2) is 0 Å². The second kappa shape index (κ2) is 8.72. The fourth-order valence-electron chi connectivity index (χ4n) is 1.58. The number of hydrogen-bond donors (Lipinski definition) is 2. The topological polar surface area (TPSA) is 41.1 Å². The van der Waals surface area contributed by atoms with Crippen LogP contribution < -0.4 is 10.6 Å². The fourth-order valence-corrected chi connectivity index (χ4v) is 1.58. The fraction of sp³-hybridized carbons (Fsp3) is 0.917. The SMILES string of the molecule is CCCNC(=O)C(C)NC(CC)CCC. The molecule has 0 aromatic carbocycles. The Hall–Kier alpha value is -0.570. The minimum Gasteiger partial charge on any atom is -0.355 e. The molecular formula is C12H26N2O. The Bertz CT molecular complexity index is 171. The van der Waals surface area contributed by atoms with Crippen LogP contribution in [-0.4, -0.2) is 24.5 Å². The van der Waals surface area contributed by atoms with Gasteiger partial charge in [-0.25, -0.2) is 0 Å². The van der Waals surface area contributed by atoms with E-state index in [-0.39, 0.29) is 11.9 Å². The van der Waals surface area contributed by atoms with E-state index in [4.69, 9.17) is 0 Å². The summed E-state index contributed by atoms with van der Waals surface area (Å²) in [5.74, 6) is 0.117. The maximum Gasteiger partial charge on any atom is 0.236 e. The summed E-state index contributed by atoms with van der Waals surface area (Å²) < 4.78 is 0. The third-order valence-electron chi connectivity index (χ3n) is 2.56. The molecule has 2 N–H and O–H groups in total. The highest BCUT2D eigenvalue weighted by Gasteiger charge is 2.15. The molecule has 90 valence electrons. The van der Waals surface area contributed by atoms with Crippen molar-refractivity contribution in [3.05, 3.63) is 0 Å². The first-order valence-electron chi connectivity index (χ1n) is 6.19. The lowest BCUT2D eigenvalue weighted by molar-refractivity contribution is -0.122. The van der Waals surface area contributed by atoms with Crippen molar-refractivity contribution in [3.8, 4) is 0 Å². The van der Waals surface area contributed by atoms with Gasteiger partial charge in [-0.15, -0.1) is 0 Å². The molecule has 0 rings (SSSR count). The van der Waals surface area contributed by atoms with Crippen LogP contribution in [0.4, 0.5) is 0 Å². The van der Waals surface area contributed by atoms with E-state index in [0.29, 0.717) is 6.04 Å². The number of carbonyl (C=O) groups is 1. The van der Waals surface area contributed by atoms with Crippen molar-refractivity contribution in [1.82, 2.24) is 10.6 Å². The number of hydrogen-bond acceptors (Lipinski definition) is 2. The molecule has 2 atom stereocenters. The summed E-state index contributed by atoms with van der Waals surface area (Å²) in [6.07, 6.45) is 4.38. The molecule has 15 heavy (non-hydrogen) atoms. The van der Waals surface area contributed by atoms with Crippen molar-refractivity contribution in [1.29, 1.82) is 0 Å². The average Bonchev–Trinajstić information content (AvgIpc) is 2.24. The molecule has 0 saturated heterocycles. The second-order valence-electron chi connectivity index (χ2n) is 4.07. The van der Waals surface area contributed by atoms with Crippen LogP contribution in [0.15, 0.2) is 0 Å². The van der Waals surface area contributed by atoms with E-state index in [0.717, 1.165) is 32.2 Å². The maximum atomic E-state index is 11.6. The van der Waals surface area contributed by atoms with Crippen molar-refractivity contribution < 1.29 is 4.79 Å². The Morgan fingerprint density at radius 2 is 1.87 bits per heavy atom. The number of carbonyl (C=O) groups excluding carboxylic acids is 1. The molecule has 0 heterocycles. The zero-order chi connectivity index (χ0) is 11.7. The molecule has 2 unspecified atom stereocenters. The minimum absolute atomic E-state index is 0.0759. The Morgan fingerprint density at radius 1 is 1.20 bits per heavy atom. The molecule has 1 amide bonds. The molecular weight excluding hydrogens is 188 g/mol. The zero-order valence-electron chi connectivity index (χ0n) is 10.6. The molecule has 0 aliphatic carbocycles. The smallest absolute Gasteiger partial charge is 0.236 e. The lowest BCUT2D eigenvalue weighted by Crippen LogP contribution is -2.46. The van der Waals surface area contributed by atoms with Crippen LogP contribution >= 0.6 is 0 Å². The van der Waals surface area contributed by atoms with Crippen LogP contribution in [0.1, 0.15) is 53.4 Å². The van der Waals surface area contributed by atoms with E-state index >= 15 is 0 Å². The minimum atomic E-state index is -0.0759. The van der Waals surface area contributed by atoms with Crippen molar-refractivity contribution >= 4 is 5.91 Å². The first-order chi connectivity index (χ1) is 7.15. The van der Waals surface area contributed by atoms with Gasteiger partial charge in [0.2, 0.25) is 5.91 Å². The van der Waals surface area contributed by atoms with Crippen LogP contribution in [-0.2, 0) is 4.79 Å². The van der Waals surface area contributed by atoms with Gasteiger partial charge >= 0.3 is 0 Å². The zero-order valence-corrected chi connectivity index (χ0v) is 10.6. The predicted octanol–water partition coefficient (Wildman–Crippen LogP) is 2.07. The highest BCUT2D eigenvalue weighted by atomic mass is 16.2. The van der Waals surface area contributed by atoms with Crippen LogP contribution in [0.25, 0.3) is 0 Å². The summed E-state index contributed by atoms with van der Waals surface area (Å²) in [4.78, 5) is 11.6. The second-order valence-corrected chi connectivity index (χ2v) is 4.07. The van der Waals surface area contributed by atoms with Crippen LogP contribution in [0.5, 0.6) is 0 Å². The average molecular weight is 214 g/mol. The molecule has 0 saturated carbocycles. The number of nitrogens with one attached hydrogen (secondary N) is 2. The normalized spacial score (nSPS) is 14.7. The van der Waals surface area contributed by atoms with Crippen LogP contribution in [0.2, 0.25) is 0 Å². The summed E-state index contributed by atoms with van der Waals surface area (Å²) in [6, 6.07) is 0.394. The van der Waals surface area contributed by atoms with Gasteiger partial charge in [-0.3, -0.25) is 4.79 Å². The van der Waals surface area contributed by atoms with Crippen LogP contribution in [0.3, 0.4) is 0 Å². The quantitative estimate of drug-likeness (QED) is 0.649. The summed E-state index contributed by atoms with van der Waals surface area (Å²) in [6.45, 7) is 9.10. The summed E-state index contributed by atoms with van der Waals surface area (Å²) in [7, 11) is 0. The van der Waals surface area contributed by atoms with Gasteiger partial charge in [0.05, 0.1) is 6.04 Å². The summed E-state index contributed by atoms with van der Waals surface area (Å²) in [5.41, 5.74) is 0. The lowest BCUT2D eigenvalue weighted by atomic mass is 10.1. The molecule has 0 spiro atoms. The standard InChI is InChI=1S/C12H26N2O/c1-5-8-11(7-3)14-10(4)12(15)13-9-6-2/h10-11,14H,5-9H2,1-4H3,(H,13,15). The molecule has 3 heteroatoms. The first kappa shape index (κ1) is 14.4. The van der Waals surface area contributed by atoms with Gasteiger partial charge in [-0.2, -0.15) is 0 Å². The van der Waals surface area contributed by atoms with Gasteiger partial charge in [0.1, 0.15) is 0 Å². The highest BCUT2D eigenvalue weighted by molar-refractivity contribution is 5.81. The molecule has 0 radical (unpaired) electrons. The van der Waals surface area contributed by atoms with E-state index in [9.17, 15) is 4.79 Å². The molecule has 0 aliphatic heterocycles. The third-order valence-corrected chi connectivity index (χ3v) is 2.56. The number of amides is 1. The highest BCUT2D eigenvalue weighted by Crippen LogP contribution is 2.02. The largest absolute Gasteiger partial charge is 0.355 e. The predicted molar refractivity (Wildman–Crippen MR) is 64.9 cm³/mol. The van der Waals surface area contributed by atoms with Gasteiger partial charge in [0.25, 0.3) is 0 Å². The molecule has 0 aromatic rings. The van der Waals surface area contributed by atoms with Crippen molar-refractivity contribution in [2.24, 2.45) is 0 Å². The summed E-state index contributed by atoms with van der Waals surface area (Å²) >= 11 is 0.